The normalized spacial score (nSPS) is 20.9. The van der Waals surface area contributed by atoms with E-state index in [9.17, 15) is 4.39 Å². The Morgan fingerprint density at radius 1 is 1.00 bits per heavy atom. The number of anilines is 1. The standard InChI is InChI=1S/C23H26FN3O/c1-17-5-6-22(24)21-8-10-27(23(17)21)19-4-2-3-18(15-19)26-9-7-20(16-26)25-11-13-28-14-12-25/h2-6,8,10,15,20H,7,9,11-14,16H2,1H3. The molecule has 0 amide bonds. The fraction of sp³-hybridized carbons (Fsp3) is 0.391. The van der Waals surface area contributed by atoms with E-state index < -0.39 is 0 Å². The van der Waals surface area contributed by atoms with E-state index in [4.69, 9.17) is 4.74 Å². The third-order valence-corrected chi connectivity index (χ3v) is 6.20. The van der Waals surface area contributed by atoms with Gasteiger partial charge in [0.15, 0.2) is 0 Å². The number of rotatable bonds is 3. The molecule has 5 heteroatoms. The summed E-state index contributed by atoms with van der Waals surface area (Å²) in [5.41, 5.74) is 4.35. The zero-order valence-electron chi connectivity index (χ0n) is 16.3. The second kappa shape index (κ2) is 7.22. The summed E-state index contributed by atoms with van der Waals surface area (Å²) in [4.78, 5) is 5.04. The van der Waals surface area contributed by atoms with Crippen molar-refractivity contribution in [3.63, 3.8) is 0 Å². The highest BCUT2D eigenvalue weighted by Gasteiger charge is 2.29. The molecule has 3 aromatic rings. The molecular weight excluding hydrogens is 353 g/mol. The van der Waals surface area contributed by atoms with Gasteiger partial charge in [0.2, 0.25) is 0 Å². The van der Waals surface area contributed by atoms with Crippen LogP contribution in [0.5, 0.6) is 0 Å². The topological polar surface area (TPSA) is 20.6 Å². The summed E-state index contributed by atoms with van der Waals surface area (Å²) in [7, 11) is 0. The van der Waals surface area contributed by atoms with Crippen molar-refractivity contribution in [3.05, 3.63) is 60.0 Å². The minimum Gasteiger partial charge on any atom is -0.379 e. The van der Waals surface area contributed by atoms with E-state index in [1.165, 1.54) is 12.1 Å². The van der Waals surface area contributed by atoms with E-state index in [1.807, 2.05) is 25.3 Å². The van der Waals surface area contributed by atoms with Crippen LogP contribution in [-0.2, 0) is 4.74 Å². The monoisotopic (exact) mass is 379 g/mol. The van der Waals surface area contributed by atoms with Gasteiger partial charge in [-0.2, -0.15) is 0 Å². The number of aromatic nitrogens is 1. The lowest BCUT2D eigenvalue weighted by molar-refractivity contribution is 0.0209. The van der Waals surface area contributed by atoms with Gasteiger partial charge in [-0.1, -0.05) is 12.1 Å². The van der Waals surface area contributed by atoms with Crippen molar-refractivity contribution in [2.75, 3.05) is 44.3 Å². The van der Waals surface area contributed by atoms with Crippen LogP contribution in [0.2, 0.25) is 0 Å². The molecule has 0 saturated carbocycles. The number of ether oxygens (including phenoxy) is 1. The number of morpholine rings is 1. The predicted octanol–water partition coefficient (Wildman–Crippen LogP) is 3.99. The van der Waals surface area contributed by atoms with E-state index in [2.05, 4.69) is 38.6 Å². The zero-order valence-corrected chi connectivity index (χ0v) is 16.3. The Hall–Kier alpha value is -2.37. The van der Waals surface area contributed by atoms with Gasteiger partial charge < -0.3 is 14.2 Å². The first-order chi connectivity index (χ1) is 13.7. The zero-order chi connectivity index (χ0) is 19.1. The van der Waals surface area contributed by atoms with E-state index in [1.54, 1.807) is 6.07 Å². The molecule has 0 aliphatic carbocycles. The number of benzene rings is 2. The molecule has 0 bridgehead atoms. The molecule has 146 valence electrons. The molecule has 4 nitrogen and oxygen atoms in total. The highest BCUT2D eigenvalue weighted by Crippen LogP contribution is 2.29. The van der Waals surface area contributed by atoms with E-state index in [0.717, 1.165) is 56.2 Å². The summed E-state index contributed by atoms with van der Waals surface area (Å²) < 4.78 is 21.8. The van der Waals surface area contributed by atoms with Crippen LogP contribution in [0.25, 0.3) is 16.6 Å². The molecule has 5 rings (SSSR count). The Bertz CT molecular complexity index is 993. The molecule has 3 heterocycles. The highest BCUT2D eigenvalue weighted by molar-refractivity contribution is 5.85. The Morgan fingerprint density at radius 2 is 1.82 bits per heavy atom. The Balaban J connectivity index is 1.43. The lowest BCUT2D eigenvalue weighted by atomic mass is 10.1. The smallest absolute Gasteiger partial charge is 0.132 e. The molecular formula is C23H26FN3O. The molecule has 1 atom stereocenters. The number of hydrogen-bond donors (Lipinski definition) is 0. The number of nitrogens with zero attached hydrogens (tertiary/aromatic N) is 3. The van der Waals surface area contributed by atoms with Crippen LogP contribution in [0.4, 0.5) is 10.1 Å². The van der Waals surface area contributed by atoms with Crippen LogP contribution in [0.1, 0.15) is 12.0 Å². The van der Waals surface area contributed by atoms with Crippen molar-refractivity contribution in [1.82, 2.24) is 9.47 Å². The summed E-state index contributed by atoms with van der Waals surface area (Å²) in [6.45, 7) is 7.95. The summed E-state index contributed by atoms with van der Waals surface area (Å²) >= 11 is 0. The lowest BCUT2D eigenvalue weighted by Gasteiger charge is -2.32. The van der Waals surface area contributed by atoms with Crippen LogP contribution >= 0.6 is 0 Å². The van der Waals surface area contributed by atoms with Crippen LogP contribution in [0.3, 0.4) is 0 Å². The van der Waals surface area contributed by atoms with Crippen molar-refractivity contribution in [2.45, 2.75) is 19.4 Å². The van der Waals surface area contributed by atoms with Crippen LogP contribution in [0.15, 0.2) is 48.7 Å². The number of fused-ring (bicyclic) bond motifs is 1. The van der Waals surface area contributed by atoms with Gasteiger partial charge in [-0.25, -0.2) is 4.39 Å². The van der Waals surface area contributed by atoms with Gasteiger partial charge in [-0.3, -0.25) is 4.90 Å². The molecule has 28 heavy (non-hydrogen) atoms. The first-order valence-corrected chi connectivity index (χ1v) is 10.1. The van der Waals surface area contributed by atoms with Crippen molar-refractivity contribution in [3.8, 4) is 5.69 Å². The van der Waals surface area contributed by atoms with Gasteiger partial charge in [0.1, 0.15) is 5.82 Å². The molecule has 2 saturated heterocycles. The fourth-order valence-corrected chi connectivity index (χ4v) is 4.67. The van der Waals surface area contributed by atoms with Crippen molar-refractivity contribution in [2.24, 2.45) is 0 Å². The van der Waals surface area contributed by atoms with Gasteiger partial charge in [-0.05, 0) is 49.2 Å². The van der Waals surface area contributed by atoms with Crippen LogP contribution in [-0.4, -0.2) is 54.9 Å². The van der Waals surface area contributed by atoms with Crippen LogP contribution in [0, 0.1) is 12.7 Å². The van der Waals surface area contributed by atoms with E-state index in [-0.39, 0.29) is 5.82 Å². The molecule has 2 fully saturated rings. The van der Waals surface area contributed by atoms with Crippen molar-refractivity contribution in [1.29, 1.82) is 0 Å². The highest BCUT2D eigenvalue weighted by atomic mass is 19.1. The Kier molecular flexibility index (Phi) is 4.57. The Morgan fingerprint density at radius 3 is 2.68 bits per heavy atom. The predicted molar refractivity (Wildman–Crippen MR) is 111 cm³/mol. The van der Waals surface area contributed by atoms with Crippen LogP contribution < -0.4 is 4.90 Å². The molecule has 0 radical (unpaired) electrons. The Labute approximate surface area is 165 Å². The van der Waals surface area contributed by atoms with Gasteiger partial charge >= 0.3 is 0 Å². The molecule has 0 spiro atoms. The minimum absolute atomic E-state index is 0.164. The first-order valence-electron chi connectivity index (χ1n) is 10.1. The first kappa shape index (κ1) is 17.7. The van der Waals surface area contributed by atoms with Gasteiger partial charge in [0.25, 0.3) is 0 Å². The number of halogens is 1. The summed E-state index contributed by atoms with van der Waals surface area (Å²) in [6, 6.07) is 14.5. The molecule has 1 unspecified atom stereocenters. The van der Waals surface area contributed by atoms with E-state index >= 15 is 0 Å². The van der Waals surface area contributed by atoms with E-state index in [0.29, 0.717) is 11.4 Å². The maximum absolute atomic E-state index is 14.2. The third kappa shape index (κ3) is 3.09. The number of aryl methyl sites for hydroxylation is 1. The largest absolute Gasteiger partial charge is 0.379 e. The fourth-order valence-electron chi connectivity index (χ4n) is 4.67. The maximum Gasteiger partial charge on any atom is 0.132 e. The summed E-state index contributed by atoms with van der Waals surface area (Å²) in [6.07, 6.45) is 3.17. The van der Waals surface area contributed by atoms with Gasteiger partial charge in [0.05, 0.1) is 18.7 Å². The average Bonchev–Trinajstić information content (AvgIpc) is 3.40. The minimum atomic E-state index is -0.164. The maximum atomic E-state index is 14.2. The van der Waals surface area contributed by atoms with Gasteiger partial charge in [-0.15, -0.1) is 0 Å². The SMILES string of the molecule is Cc1ccc(F)c2ccn(-c3cccc(N4CCC(N5CCOCC5)C4)c3)c12. The molecule has 2 aliphatic heterocycles. The second-order valence-electron chi connectivity index (χ2n) is 7.87. The summed E-state index contributed by atoms with van der Waals surface area (Å²) in [5, 5.41) is 0.680. The van der Waals surface area contributed by atoms with Crippen molar-refractivity contribution < 1.29 is 9.13 Å². The lowest BCUT2D eigenvalue weighted by Crippen LogP contribution is -2.44. The molecule has 0 N–H and O–H groups in total. The molecule has 2 aliphatic rings. The molecule has 2 aromatic carbocycles. The van der Waals surface area contributed by atoms with Gasteiger partial charge in [0, 0.05) is 55.2 Å². The summed E-state index contributed by atoms with van der Waals surface area (Å²) in [5.74, 6) is -0.164. The third-order valence-electron chi connectivity index (χ3n) is 6.20. The quantitative estimate of drug-likeness (QED) is 0.687. The average molecular weight is 379 g/mol. The molecule has 1 aromatic heterocycles. The van der Waals surface area contributed by atoms with Crippen molar-refractivity contribution >= 4 is 16.6 Å². The second-order valence-corrected chi connectivity index (χ2v) is 7.87. The number of hydrogen-bond acceptors (Lipinski definition) is 3.